The van der Waals surface area contributed by atoms with E-state index in [9.17, 15) is 0 Å². The van der Waals surface area contributed by atoms with Gasteiger partial charge in [-0.1, -0.05) is 56.4 Å². The molecule has 0 bridgehead atoms. The number of nitrogens with zero attached hydrogens (tertiary/aromatic N) is 3. The highest BCUT2D eigenvalue weighted by atomic mass is 16.5. The van der Waals surface area contributed by atoms with Crippen molar-refractivity contribution >= 4 is 0 Å². The summed E-state index contributed by atoms with van der Waals surface area (Å²) < 4.78 is 7.30. The van der Waals surface area contributed by atoms with E-state index < -0.39 is 0 Å². The number of para-hydroxylation sites is 1. The molecule has 0 aliphatic carbocycles. The predicted molar refractivity (Wildman–Crippen MR) is 85.4 cm³/mol. The molecule has 0 amide bonds. The lowest BCUT2D eigenvalue weighted by atomic mass is 10.1. The maximum absolute atomic E-state index is 5.37. The first-order valence-corrected chi connectivity index (χ1v) is 7.88. The smallest absolute Gasteiger partial charge is 0.128 e. The quantitative estimate of drug-likeness (QED) is 0.645. The lowest BCUT2D eigenvalue weighted by Crippen LogP contribution is -1.98. The molecule has 0 fully saturated rings. The molecule has 0 radical (unpaired) electrons. The molecule has 21 heavy (non-hydrogen) atoms. The van der Waals surface area contributed by atoms with E-state index in [0.717, 1.165) is 23.6 Å². The van der Waals surface area contributed by atoms with Gasteiger partial charge in [0.05, 0.1) is 13.3 Å². The standard InChI is InChI=1S/C17H25N3O/c1-3-4-5-6-7-10-13-20-14-16(18-19-20)15-11-8-9-12-17(15)21-2/h8-9,11-12,14H,3-7,10,13H2,1-2H3. The summed E-state index contributed by atoms with van der Waals surface area (Å²) in [7, 11) is 1.68. The first-order valence-electron chi connectivity index (χ1n) is 7.88. The van der Waals surface area contributed by atoms with Crippen LogP contribution in [0.3, 0.4) is 0 Å². The van der Waals surface area contributed by atoms with Gasteiger partial charge in [0.2, 0.25) is 0 Å². The number of hydrogen-bond acceptors (Lipinski definition) is 3. The molecular formula is C17H25N3O. The van der Waals surface area contributed by atoms with Gasteiger partial charge >= 0.3 is 0 Å². The van der Waals surface area contributed by atoms with Crippen LogP contribution in [0.1, 0.15) is 45.4 Å². The minimum Gasteiger partial charge on any atom is -0.496 e. The van der Waals surface area contributed by atoms with Crippen molar-refractivity contribution in [3.8, 4) is 17.0 Å². The molecule has 2 aromatic rings. The molecule has 1 aromatic carbocycles. The molecule has 4 nitrogen and oxygen atoms in total. The van der Waals surface area contributed by atoms with Crippen LogP contribution in [0.15, 0.2) is 30.5 Å². The third-order valence-electron chi connectivity index (χ3n) is 3.66. The van der Waals surface area contributed by atoms with Gasteiger partial charge in [0.25, 0.3) is 0 Å². The molecule has 1 aromatic heterocycles. The Kier molecular flexibility index (Phi) is 6.25. The molecule has 0 N–H and O–H groups in total. The Hall–Kier alpha value is -1.84. The second-order valence-corrected chi connectivity index (χ2v) is 5.33. The van der Waals surface area contributed by atoms with E-state index >= 15 is 0 Å². The Labute approximate surface area is 127 Å². The summed E-state index contributed by atoms with van der Waals surface area (Å²) in [6, 6.07) is 7.91. The molecule has 0 aliphatic heterocycles. The molecule has 4 heteroatoms. The van der Waals surface area contributed by atoms with Crippen molar-refractivity contribution in [1.29, 1.82) is 0 Å². The summed E-state index contributed by atoms with van der Waals surface area (Å²) in [5.41, 5.74) is 1.87. The highest BCUT2D eigenvalue weighted by Gasteiger charge is 2.08. The Balaban J connectivity index is 1.87. The number of hydrogen-bond donors (Lipinski definition) is 0. The second-order valence-electron chi connectivity index (χ2n) is 5.33. The van der Waals surface area contributed by atoms with Gasteiger partial charge in [-0.05, 0) is 18.6 Å². The Morgan fingerprint density at radius 1 is 1.05 bits per heavy atom. The van der Waals surface area contributed by atoms with Gasteiger partial charge in [0, 0.05) is 12.1 Å². The zero-order chi connectivity index (χ0) is 14.9. The molecule has 0 saturated heterocycles. The largest absolute Gasteiger partial charge is 0.496 e. The van der Waals surface area contributed by atoms with Crippen LogP contribution < -0.4 is 4.74 Å². The monoisotopic (exact) mass is 287 g/mol. The fourth-order valence-electron chi connectivity index (χ4n) is 2.44. The Morgan fingerprint density at radius 2 is 1.81 bits per heavy atom. The maximum Gasteiger partial charge on any atom is 0.128 e. The van der Waals surface area contributed by atoms with Crippen LogP contribution in [0.25, 0.3) is 11.3 Å². The summed E-state index contributed by atoms with van der Waals surface area (Å²) in [5, 5.41) is 8.47. The maximum atomic E-state index is 5.37. The van der Waals surface area contributed by atoms with Crippen molar-refractivity contribution in [3.63, 3.8) is 0 Å². The second kappa shape index (κ2) is 8.45. The molecule has 0 unspecified atom stereocenters. The van der Waals surface area contributed by atoms with Gasteiger partial charge in [0.1, 0.15) is 11.4 Å². The summed E-state index contributed by atoms with van der Waals surface area (Å²) >= 11 is 0. The van der Waals surface area contributed by atoms with Gasteiger partial charge < -0.3 is 4.74 Å². The Morgan fingerprint density at radius 3 is 2.62 bits per heavy atom. The van der Waals surface area contributed by atoms with Crippen molar-refractivity contribution in [2.45, 2.75) is 52.0 Å². The normalized spacial score (nSPS) is 10.8. The third kappa shape index (κ3) is 4.59. The third-order valence-corrected chi connectivity index (χ3v) is 3.66. The van der Waals surface area contributed by atoms with Crippen molar-refractivity contribution in [3.05, 3.63) is 30.5 Å². The van der Waals surface area contributed by atoms with Gasteiger partial charge in [-0.3, -0.25) is 4.68 Å². The first-order chi connectivity index (χ1) is 10.3. The number of methoxy groups -OCH3 is 1. The number of benzene rings is 1. The first kappa shape index (κ1) is 15.5. The van der Waals surface area contributed by atoms with E-state index in [0.29, 0.717) is 0 Å². The highest BCUT2D eigenvalue weighted by molar-refractivity contribution is 5.65. The lowest BCUT2D eigenvalue weighted by Gasteiger charge is -2.04. The SMILES string of the molecule is CCCCCCCCn1cc(-c2ccccc2OC)nn1. The fraction of sp³-hybridized carbons (Fsp3) is 0.529. The molecule has 0 saturated carbocycles. The van der Waals surface area contributed by atoms with E-state index in [1.165, 1.54) is 38.5 Å². The van der Waals surface area contributed by atoms with Crippen LogP contribution in [0.5, 0.6) is 5.75 Å². The van der Waals surface area contributed by atoms with Crippen LogP contribution in [0.2, 0.25) is 0 Å². The van der Waals surface area contributed by atoms with Crippen LogP contribution in [-0.4, -0.2) is 22.1 Å². The molecule has 1 heterocycles. The number of ether oxygens (including phenoxy) is 1. The number of aryl methyl sites for hydroxylation is 1. The predicted octanol–water partition coefficient (Wildman–Crippen LogP) is 4.31. The molecule has 114 valence electrons. The molecule has 2 rings (SSSR count). The summed E-state index contributed by atoms with van der Waals surface area (Å²) in [4.78, 5) is 0. The molecule has 0 spiro atoms. The van der Waals surface area contributed by atoms with Crippen LogP contribution in [0.4, 0.5) is 0 Å². The average molecular weight is 287 g/mol. The van der Waals surface area contributed by atoms with Gasteiger partial charge in [-0.2, -0.15) is 0 Å². The van der Waals surface area contributed by atoms with Gasteiger partial charge in [0.15, 0.2) is 0 Å². The summed E-state index contributed by atoms with van der Waals surface area (Å²) in [6.45, 7) is 3.18. The van der Waals surface area contributed by atoms with Gasteiger partial charge in [-0.25, -0.2) is 0 Å². The van der Waals surface area contributed by atoms with Crippen molar-refractivity contribution < 1.29 is 4.74 Å². The van der Waals surface area contributed by atoms with Crippen LogP contribution in [0, 0.1) is 0 Å². The van der Waals surface area contributed by atoms with E-state index in [1.807, 2.05) is 35.1 Å². The lowest BCUT2D eigenvalue weighted by molar-refractivity contribution is 0.416. The zero-order valence-corrected chi connectivity index (χ0v) is 13.1. The molecule has 0 atom stereocenters. The van der Waals surface area contributed by atoms with Crippen molar-refractivity contribution in [2.75, 3.05) is 7.11 Å². The van der Waals surface area contributed by atoms with Crippen LogP contribution in [-0.2, 0) is 6.54 Å². The topological polar surface area (TPSA) is 39.9 Å². The number of aromatic nitrogens is 3. The Bertz CT molecular complexity index is 536. The van der Waals surface area contributed by atoms with Crippen molar-refractivity contribution in [2.24, 2.45) is 0 Å². The van der Waals surface area contributed by atoms with E-state index in [-0.39, 0.29) is 0 Å². The zero-order valence-electron chi connectivity index (χ0n) is 13.1. The van der Waals surface area contributed by atoms with E-state index in [4.69, 9.17) is 4.74 Å². The minimum absolute atomic E-state index is 0.837. The summed E-state index contributed by atoms with van der Waals surface area (Å²) in [5.74, 6) is 0.837. The summed E-state index contributed by atoms with van der Waals surface area (Å²) in [6.07, 6.45) is 9.75. The van der Waals surface area contributed by atoms with Crippen LogP contribution >= 0.6 is 0 Å². The minimum atomic E-state index is 0.837. The highest BCUT2D eigenvalue weighted by Crippen LogP contribution is 2.27. The van der Waals surface area contributed by atoms with Crippen molar-refractivity contribution in [1.82, 2.24) is 15.0 Å². The van der Waals surface area contributed by atoms with Gasteiger partial charge in [-0.15, -0.1) is 5.10 Å². The number of rotatable bonds is 9. The number of unbranched alkanes of at least 4 members (excludes halogenated alkanes) is 5. The average Bonchev–Trinajstić information content (AvgIpc) is 2.99. The molecule has 0 aliphatic rings. The molecular weight excluding hydrogens is 262 g/mol. The fourth-order valence-corrected chi connectivity index (χ4v) is 2.44. The van der Waals surface area contributed by atoms with E-state index in [2.05, 4.69) is 17.2 Å². The van der Waals surface area contributed by atoms with E-state index in [1.54, 1.807) is 7.11 Å².